The Morgan fingerprint density at radius 2 is 1.87 bits per heavy atom. The first-order valence-electron chi connectivity index (χ1n) is 7.71. The summed E-state index contributed by atoms with van der Waals surface area (Å²) in [5, 5.41) is 1.05. The molecule has 0 aliphatic heterocycles. The van der Waals surface area contributed by atoms with Gasteiger partial charge in [0.25, 0.3) is 5.91 Å². The van der Waals surface area contributed by atoms with Crippen molar-refractivity contribution in [3.8, 4) is 5.75 Å². The van der Waals surface area contributed by atoms with Gasteiger partial charge < -0.3 is 14.6 Å². The number of hydrogen-bond acceptors (Lipinski definition) is 2. The van der Waals surface area contributed by atoms with E-state index in [9.17, 15) is 4.79 Å². The zero-order chi connectivity index (χ0) is 16.2. The van der Waals surface area contributed by atoms with E-state index in [2.05, 4.69) is 4.98 Å². The number of H-pyrrole nitrogens is 1. The molecule has 0 aliphatic carbocycles. The Morgan fingerprint density at radius 3 is 2.52 bits per heavy atom. The fourth-order valence-electron chi connectivity index (χ4n) is 2.64. The molecule has 1 aromatic heterocycles. The third-order valence-electron chi connectivity index (χ3n) is 3.96. The van der Waals surface area contributed by atoms with Crippen molar-refractivity contribution in [3.05, 3.63) is 65.9 Å². The molecule has 1 heterocycles. The van der Waals surface area contributed by atoms with Crippen LogP contribution in [-0.4, -0.2) is 29.4 Å². The van der Waals surface area contributed by atoms with Crippen LogP contribution in [-0.2, 0) is 6.54 Å². The van der Waals surface area contributed by atoms with E-state index in [0.29, 0.717) is 18.8 Å². The second kappa shape index (κ2) is 6.57. The molecule has 0 saturated heterocycles. The maximum atomic E-state index is 12.7. The zero-order valence-electron chi connectivity index (χ0n) is 13.4. The van der Waals surface area contributed by atoms with Crippen LogP contribution < -0.4 is 4.74 Å². The predicted molar refractivity (Wildman–Crippen MR) is 91.7 cm³/mol. The SMILES string of the molecule is CCN(Cc1ccc(OC)cc1)C(=O)c1cc2ccccc2[nH]1. The summed E-state index contributed by atoms with van der Waals surface area (Å²) in [6.07, 6.45) is 0. The molecule has 2 aromatic carbocycles. The number of carbonyl (C=O) groups is 1. The van der Waals surface area contributed by atoms with E-state index in [-0.39, 0.29) is 5.91 Å². The van der Waals surface area contributed by atoms with Crippen molar-refractivity contribution in [3.63, 3.8) is 0 Å². The molecule has 4 heteroatoms. The highest BCUT2D eigenvalue weighted by Crippen LogP contribution is 2.18. The van der Waals surface area contributed by atoms with Gasteiger partial charge in [-0.1, -0.05) is 30.3 Å². The quantitative estimate of drug-likeness (QED) is 0.778. The number of rotatable bonds is 5. The number of hydrogen-bond donors (Lipinski definition) is 1. The van der Waals surface area contributed by atoms with Crippen molar-refractivity contribution in [1.82, 2.24) is 9.88 Å². The molecule has 1 amide bonds. The summed E-state index contributed by atoms with van der Waals surface area (Å²) in [5.74, 6) is 0.832. The lowest BCUT2D eigenvalue weighted by Crippen LogP contribution is -2.30. The van der Waals surface area contributed by atoms with Crippen LogP contribution in [0.1, 0.15) is 23.0 Å². The summed E-state index contributed by atoms with van der Waals surface area (Å²) in [7, 11) is 1.65. The third-order valence-corrected chi connectivity index (χ3v) is 3.96. The van der Waals surface area contributed by atoms with Gasteiger partial charge in [0.2, 0.25) is 0 Å². The minimum Gasteiger partial charge on any atom is -0.497 e. The Morgan fingerprint density at radius 1 is 1.13 bits per heavy atom. The van der Waals surface area contributed by atoms with Gasteiger partial charge in [-0.2, -0.15) is 0 Å². The smallest absolute Gasteiger partial charge is 0.270 e. The van der Waals surface area contributed by atoms with Crippen LogP contribution in [0.5, 0.6) is 5.75 Å². The Labute approximate surface area is 135 Å². The third kappa shape index (κ3) is 3.21. The molecule has 0 fully saturated rings. The number of ether oxygens (including phenoxy) is 1. The Balaban J connectivity index is 1.80. The molecule has 3 rings (SSSR count). The van der Waals surface area contributed by atoms with E-state index >= 15 is 0 Å². The second-order valence-electron chi connectivity index (χ2n) is 5.44. The molecule has 0 radical (unpaired) electrons. The maximum absolute atomic E-state index is 12.7. The number of benzene rings is 2. The number of carbonyl (C=O) groups excluding carboxylic acids is 1. The van der Waals surface area contributed by atoms with Crippen LogP contribution >= 0.6 is 0 Å². The van der Waals surface area contributed by atoms with E-state index in [1.807, 2.05) is 66.4 Å². The van der Waals surface area contributed by atoms with Crippen LogP contribution in [0.3, 0.4) is 0 Å². The number of fused-ring (bicyclic) bond motifs is 1. The molecule has 23 heavy (non-hydrogen) atoms. The van der Waals surface area contributed by atoms with Gasteiger partial charge in [0, 0.05) is 24.0 Å². The molecule has 0 bridgehead atoms. The normalized spacial score (nSPS) is 10.7. The summed E-state index contributed by atoms with van der Waals surface area (Å²) in [6, 6.07) is 17.6. The second-order valence-corrected chi connectivity index (χ2v) is 5.44. The molecule has 1 N–H and O–H groups in total. The number of aromatic amines is 1. The van der Waals surface area contributed by atoms with Gasteiger partial charge in [-0.15, -0.1) is 0 Å². The monoisotopic (exact) mass is 308 g/mol. The van der Waals surface area contributed by atoms with Crippen LogP contribution in [0.2, 0.25) is 0 Å². The molecular formula is C19H20N2O2. The first-order valence-corrected chi connectivity index (χ1v) is 7.71. The fraction of sp³-hybridized carbons (Fsp3) is 0.211. The van der Waals surface area contributed by atoms with Gasteiger partial charge in [0.15, 0.2) is 0 Å². The van der Waals surface area contributed by atoms with Crippen molar-refractivity contribution < 1.29 is 9.53 Å². The van der Waals surface area contributed by atoms with Gasteiger partial charge in [-0.3, -0.25) is 4.79 Å². The van der Waals surface area contributed by atoms with E-state index in [4.69, 9.17) is 4.74 Å². The molecule has 4 nitrogen and oxygen atoms in total. The predicted octanol–water partition coefficient (Wildman–Crippen LogP) is 3.84. The summed E-state index contributed by atoms with van der Waals surface area (Å²) in [6.45, 7) is 3.22. The first kappa shape index (κ1) is 15.2. The maximum Gasteiger partial charge on any atom is 0.270 e. The molecular weight excluding hydrogens is 288 g/mol. The zero-order valence-corrected chi connectivity index (χ0v) is 13.4. The van der Waals surface area contributed by atoms with E-state index in [0.717, 1.165) is 22.2 Å². The van der Waals surface area contributed by atoms with Crippen molar-refractivity contribution in [2.24, 2.45) is 0 Å². The Hall–Kier alpha value is -2.75. The summed E-state index contributed by atoms with van der Waals surface area (Å²) in [4.78, 5) is 17.8. The number of nitrogens with one attached hydrogen (secondary N) is 1. The average Bonchev–Trinajstić information content (AvgIpc) is 3.03. The minimum absolute atomic E-state index is 0.0134. The number of aromatic nitrogens is 1. The van der Waals surface area contributed by atoms with Gasteiger partial charge >= 0.3 is 0 Å². The van der Waals surface area contributed by atoms with E-state index in [1.54, 1.807) is 7.11 Å². The lowest BCUT2D eigenvalue weighted by Gasteiger charge is -2.20. The largest absolute Gasteiger partial charge is 0.497 e. The number of para-hydroxylation sites is 1. The molecule has 0 atom stereocenters. The van der Waals surface area contributed by atoms with Crippen molar-refractivity contribution >= 4 is 16.8 Å². The van der Waals surface area contributed by atoms with E-state index in [1.165, 1.54) is 0 Å². The Bertz CT molecular complexity index is 773. The van der Waals surface area contributed by atoms with Gasteiger partial charge in [0.05, 0.1) is 7.11 Å². The highest BCUT2D eigenvalue weighted by atomic mass is 16.5. The number of nitrogens with zero attached hydrogens (tertiary/aromatic N) is 1. The minimum atomic E-state index is 0.0134. The number of methoxy groups -OCH3 is 1. The summed E-state index contributed by atoms with van der Waals surface area (Å²) in [5.41, 5.74) is 2.69. The van der Waals surface area contributed by atoms with Crippen molar-refractivity contribution in [2.45, 2.75) is 13.5 Å². The molecule has 118 valence electrons. The van der Waals surface area contributed by atoms with Crippen molar-refractivity contribution in [1.29, 1.82) is 0 Å². The fourth-order valence-corrected chi connectivity index (χ4v) is 2.64. The summed E-state index contributed by atoms with van der Waals surface area (Å²) < 4.78 is 5.17. The van der Waals surface area contributed by atoms with E-state index < -0.39 is 0 Å². The standard InChI is InChI=1S/C19H20N2O2/c1-3-21(13-14-8-10-16(23-2)11-9-14)19(22)18-12-15-6-4-5-7-17(15)20-18/h4-12,20H,3,13H2,1-2H3. The first-order chi connectivity index (χ1) is 11.2. The highest BCUT2D eigenvalue weighted by Gasteiger charge is 2.16. The van der Waals surface area contributed by atoms with Crippen molar-refractivity contribution in [2.75, 3.05) is 13.7 Å². The highest BCUT2D eigenvalue weighted by molar-refractivity contribution is 5.98. The van der Waals surface area contributed by atoms with Gasteiger partial charge in [0.1, 0.15) is 11.4 Å². The molecule has 0 aliphatic rings. The van der Waals surface area contributed by atoms with Crippen LogP contribution in [0.4, 0.5) is 0 Å². The topological polar surface area (TPSA) is 45.3 Å². The van der Waals surface area contributed by atoms with Crippen LogP contribution in [0, 0.1) is 0 Å². The van der Waals surface area contributed by atoms with Gasteiger partial charge in [-0.05, 0) is 36.8 Å². The van der Waals surface area contributed by atoms with Crippen LogP contribution in [0.25, 0.3) is 10.9 Å². The van der Waals surface area contributed by atoms with Crippen LogP contribution in [0.15, 0.2) is 54.6 Å². The Kier molecular flexibility index (Phi) is 4.33. The lowest BCUT2D eigenvalue weighted by molar-refractivity contribution is 0.0747. The molecule has 0 saturated carbocycles. The molecule has 0 spiro atoms. The molecule has 3 aromatic rings. The lowest BCUT2D eigenvalue weighted by atomic mass is 10.2. The average molecular weight is 308 g/mol. The van der Waals surface area contributed by atoms with Gasteiger partial charge in [-0.25, -0.2) is 0 Å². The number of amides is 1. The summed E-state index contributed by atoms with van der Waals surface area (Å²) >= 11 is 0. The molecule has 0 unspecified atom stereocenters.